The molecule has 0 spiro atoms. The van der Waals surface area contributed by atoms with Crippen molar-refractivity contribution >= 4 is 11.9 Å². The SMILES string of the molecule is CCNC(=NCCCN1CCCC1=O)NCCCCC1CCCC1. The lowest BCUT2D eigenvalue weighted by molar-refractivity contribution is -0.127. The molecule has 5 nitrogen and oxygen atoms in total. The predicted octanol–water partition coefficient (Wildman–Crippen LogP) is 2.91. The Hall–Kier alpha value is -1.26. The third-order valence-electron chi connectivity index (χ3n) is 5.18. The first-order chi connectivity index (χ1) is 11.8. The van der Waals surface area contributed by atoms with Gasteiger partial charge in [0.2, 0.25) is 5.91 Å². The van der Waals surface area contributed by atoms with Gasteiger partial charge in [-0.2, -0.15) is 0 Å². The van der Waals surface area contributed by atoms with Crippen LogP contribution >= 0.6 is 0 Å². The summed E-state index contributed by atoms with van der Waals surface area (Å²) >= 11 is 0. The predicted molar refractivity (Wildman–Crippen MR) is 100 cm³/mol. The molecular formula is C19H36N4O. The molecule has 0 bridgehead atoms. The smallest absolute Gasteiger partial charge is 0.222 e. The molecule has 0 radical (unpaired) electrons. The second kappa shape index (κ2) is 11.3. The Kier molecular flexibility index (Phi) is 9.00. The average molecular weight is 337 g/mol. The number of guanidine groups is 1. The van der Waals surface area contributed by atoms with Crippen LogP contribution in [0.2, 0.25) is 0 Å². The summed E-state index contributed by atoms with van der Waals surface area (Å²) in [6.45, 7) is 6.55. The van der Waals surface area contributed by atoms with Crippen molar-refractivity contribution in [3.05, 3.63) is 0 Å². The number of amides is 1. The fourth-order valence-corrected chi connectivity index (χ4v) is 3.80. The Morgan fingerprint density at radius 1 is 1.17 bits per heavy atom. The van der Waals surface area contributed by atoms with Gasteiger partial charge < -0.3 is 15.5 Å². The van der Waals surface area contributed by atoms with E-state index in [0.29, 0.717) is 5.91 Å². The Balaban J connectivity index is 1.54. The largest absolute Gasteiger partial charge is 0.357 e. The van der Waals surface area contributed by atoms with Crippen molar-refractivity contribution in [3.63, 3.8) is 0 Å². The molecule has 1 aliphatic carbocycles. The minimum atomic E-state index is 0.311. The molecule has 2 fully saturated rings. The van der Waals surface area contributed by atoms with Crippen molar-refractivity contribution in [2.24, 2.45) is 10.9 Å². The van der Waals surface area contributed by atoms with Gasteiger partial charge in [0.1, 0.15) is 0 Å². The highest BCUT2D eigenvalue weighted by Crippen LogP contribution is 2.28. The number of hydrogen-bond acceptors (Lipinski definition) is 2. The summed E-state index contributed by atoms with van der Waals surface area (Å²) in [4.78, 5) is 18.2. The van der Waals surface area contributed by atoms with Crippen LogP contribution in [0, 0.1) is 5.92 Å². The minimum absolute atomic E-state index is 0.311. The number of carbonyl (C=O) groups is 1. The number of nitrogens with zero attached hydrogens (tertiary/aromatic N) is 2. The van der Waals surface area contributed by atoms with Crippen LogP contribution in [0.25, 0.3) is 0 Å². The number of carbonyl (C=O) groups excluding carboxylic acids is 1. The molecule has 1 amide bonds. The molecule has 0 aromatic heterocycles. The van der Waals surface area contributed by atoms with E-state index in [2.05, 4.69) is 22.5 Å². The van der Waals surface area contributed by atoms with Crippen LogP contribution in [0.3, 0.4) is 0 Å². The van der Waals surface area contributed by atoms with Gasteiger partial charge in [0.15, 0.2) is 5.96 Å². The van der Waals surface area contributed by atoms with Gasteiger partial charge in [-0.3, -0.25) is 9.79 Å². The molecular weight excluding hydrogens is 300 g/mol. The number of rotatable bonds is 10. The standard InChI is InChI=1S/C19H36N4O/c1-2-20-19(21-13-6-5-11-17-9-3-4-10-17)22-14-8-16-23-15-7-12-18(23)24/h17H,2-16H2,1H3,(H2,20,21,22). The van der Waals surface area contributed by atoms with Crippen molar-refractivity contribution in [2.75, 3.05) is 32.7 Å². The molecule has 1 saturated carbocycles. The van der Waals surface area contributed by atoms with Crippen molar-refractivity contribution in [1.82, 2.24) is 15.5 Å². The summed E-state index contributed by atoms with van der Waals surface area (Å²) in [6.07, 6.45) is 12.5. The van der Waals surface area contributed by atoms with Gasteiger partial charge in [0.25, 0.3) is 0 Å². The zero-order chi connectivity index (χ0) is 17.0. The maximum Gasteiger partial charge on any atom is 0.222 e. The summed E-state index contributed by atoms with van der Waals surface area (Å²) < 4.78 is 0. The summed E-state index contributed by atoms with van der Waals surface area (Å²) in [7, 11) is 0. The van der Waals surface area contributed by atoms with Gasteiger partial charge in [-0.25, -0.2) is 0 Å². The first-order valence-corrected chi connectivity index (χ1v) is 10.1. The van der Waals surface area contributed by atoms with Crippen LogP contribution in [-0.2, 0) is 4.79 Å². The third kappa shape index (κ3) is 7.10. The average Bonchev–Trinajstić information content (AvgIpc) is 3.23. The fraction of sp³-hybridized carbons (Fsp3) is 0.895. The van der Waals surface area contributed by atoms with E-state index in [9.17, 15) is 4.79 Å². The van der Waals surface area contributed by atoms with Crippen LogP contribution in [0.4, 0.5) is 0 Å². The molecule has 0 aromatic rings. The fourth-order valence-electron chi connectivity index (χ4n) is 3.80. The molecule has 1 saturated heterocycles. The highest BCUT2D eigenvalue weighted by Gasteiger charge is 2.18. The molecule has 2 aliphatic rings. The van der Waals surface area contributed by atoms with Crippen LogP contribution in [0.15, 0.2) is 4.99 Å². The first-order valence-electron chi connectivity index (χ1n) is 10.1. The van der Waals surface area contributed by atoms with Crippen LogP contribution in [0.5, 0.6) is 0 Å². The maximum absolute atomic E-state index is 11.6. The van der Waals surface area contributed by atoms with E-state index in [4.69, 9.17) is 0 Å². The summed E-state index contributed by atoms with van der Waals surface area (Å²) in [5.74, 6) is 2.23. The maximum atomic E-state index is 11.6. The zero-order valence-corrected chi connectivity index (χ0v) is 15.5. The molecule has 2 N–H and O–H groups in total. The molecule has 0 unspecified atom stereocenters. The number of unbranched alkanes of at least 4 members (excludes halogenated alkanes) is 1. The van der Waals surface area contributed by atoms with E-state index in [1.807, 2.05) is 4.90 Å². The monoisotopic (exact) mass is 336 g/mol. The Morgan fingerprint density at radius 2 is 2.00 bits per heavy atom. The number of aliphatic imine (C=N–C) groups is 1. The quantitative estimate of drug-likeness (QED) is 0.366. The lowest BCUT2D eigenvalue weighted by Crippen LogP contribution is -2.38. The lowest BCUT2D eigenvalue weighted by Gasteiger charge is -2.15. The Labute approximate surface area is 147 Å². The number of nitrogens with one attached hydrogen (secondary N) is 2. The highest BCUT2D eigenvalue weighted by atomic mass is 16.2. The van der Waals surface area contributed by atoms with Gasteiger partial charge in [-0.05, 0) is 32.1 Å². The van der Waals surface area contributed by atoms with Crippen LogP contribution < -0.4 is 10.6 Å². The van der Waals surface area contributed by atoms with Crippen molar-refractivity contribution in [2.45, 2.75) is 71.1 Å². The molecule has 0 atom stereocenters. The highest BCUT2D eigenvalue weighted by molar-refractivity contribution is 5.79. The van der Waals surface area contributed by atoms with Gasteiger partial charge in [0.05, 0.1) is 0 Å². The molecule has 0 aromatic carbocycles. The molecule has 2 rings (SSSR count). The molecule has 1 aliphatic heterocycles. The third-order valence-corrected chi connectivity index (χ3v) is 5.18. The zero-order valence-electron chi connectivity index (χ0n) is 15.5. The Bertz CT molecular complexity index is 391. The molecule has 5 heteroatoms. The van der Waals surface area contributed by atoms with Crippen molar-refractivity contribution in [3.8, 4) is 0 Å². The molecule has 1 heterocycles. The normalized spacial score (nSPS) is 19.3. The van der Waals surface area contributed by atoms with E-state index >= 15 is 0 Å². The second-order valence-electron chi connectivity index (χ2n) is 7.17. The van der Waals surface area contributed by atoms with E-state index in [-0.39, 0.29) is 0 Å². The second-order valence-corrected chi connectivity index (χ2v) is 7.17. The molecule has 138 valence electrons. The lowest BCUT2D eigenvalue weighted by atomic mass is 10.0. The van der Waals surface area contributed by atoms with Crippen LogP contribution in [0.1, 0.15) is 71.1 Å². The van der Waals surface area contributed by atoms with Crippen molar-refractivity contribution < 1.29 is 4.79 Å². The number of likely N-dealkylation sites (tertiary alicyclic amines) is 1. The topological polar surface area (TPSA) is 56.7 Å². The van der Waals surface area contributed by atoms with Gasteiger partial charge in [-0.1, -0.05) is 38.5 Å². The van der Waals surface area contributed by atoms with Gasteiger partial charge in [-0.15, -0.1) is 0 Å². The van der Waals surface area contributed by atoms with Crippen molar-refractivity contribution in [1.29, 1.82) is 0 Å². The molecule has 24 heavy (non-hydrogen) atoms. The summed E-state index contributed by atoms with van der Waals surface area (Å²) in [5.41, 5.74) is 0. The summed E-state index contributed by atoms with van der Waals surface area (Å²) in [6, 6.07) is 0. The van der Waals surface area contributed by atoms with E-state index in [1.165, 1.54) is 44.9 Å². The minimum Gasteiger partial charge on any atom is -0.357 e. The van der Waals surface area contributed by atoms with Gasteiger partial charge in [0, 0.05) is 39.1 Å². The number of hydrogen-bond donors (Lipinski definition) is 2. The van der Waals surface area contributed by atoms with Crippen LogP contribution in [-0.4, -0.2) is 49.5 Å². The Morgan fingerprint density at radius 3 is 2.71 bits per heavy atom. The van der Waals surface area contributed by atoms with E-state index < -0.39 is 0 Å². The first kappa shape index (κ1) is 19.1. The van der Waals surface area contributed by atoms with E-state index in [1.54, 1.807) is 0 Å². The summed E-state index contributed by atoms with van der Waals surface area (Å²) in [5, 5.41) is 6.75. The van der Waals surface area contributed by atoms with Gasteiger partial charge >= 0.3 is 0 Å². The van der Waals surface area contributed by atoms with E-state index in [0.717, 1.165) is 63.9 Å².